The fourth-order valence-electron chi connectivity index (χ4n) is 6.28. The van der Waals surface area contributed by atoms with E-state index in [-0.39, 0.29) is 11.8 Å². The van der Waals surface area contributed by atoms with E-state index >= 15 is 0 Å². The Labute approximate surface area is 263 Å². The van der Waals surface area contributed by atoms with E-state index in [1.54, 1.807) is 18.0 Å². The van der Waals surface area contributed by atoms with Gasteiger partial charge in [0, 0.05) is 42.6 Å². The Balaban J connectivity index is 1.18. The maximum absolute atomic E-state index is 13.8. The van der Waals surface area contributed by atoms with Crippen molar-refractivity contribution in [3.05, 3.63) is 93.8 Å². The Bertz CT molecular complexity index is 1630. The predicted molar refractivity (Wildman–Crippen MR) is 175 cm³/mol. The van der Waals surface area contributed by atoms with E-state index in [1.165, 1.54) is 18.4 Å². The molecule has 3 aromatic rings. The molecule has 0 radical (unpaired) electrons. The van der Waals surface area contributed by atoms with Crippen LogP contribution >= 0.6 is 11.6 Å². The monoisotopic (exact) mass is 611 g/mol. The van der Waals surface area contributed by atoms with Gasteiger partial charge in [0.05, 0.1) is 5.92 Å². The van der Waals surface area contributed by atoms with E-state index in [0.717, 1.165) is 41.0 Å². The van der Waals surface area contributed by atoms with E-state index in [0.29, 0.717) is 47.9 Å². The number of piperidine rings is 1. The van der Waals surface area contributed by atoms with Crippen LogP contribution < -0.4 is 20.9 Å². The van der Waals surface area contributed by atoms with Crippen molar-refractivity contribution in [3.63, 3.8) is 0 Å². The molecule has 3 aliphatic heterocycles. The molecule has 0 spiro atoms. The standard InChI is InChI=1S/C34H38ClN7O2/c1-4-42-31-25(20-38-34(40-31)39-26-9-5-21(6-10-26)22-13-15-41(3)16-14-22)17-28(33(42)44)27-11-7-23(18-29(27)35)24-8-12-30(37-19-24)32(43)36-2/h5-12,18,20,22,28,37H,4,13-17,19H2,1-3H3,(H,36,43)(H,38,39,40)/t28-/m0/s1. The van der Waals surface area contributed by atoms with Gasteiger partial charge in [0.15, 0.2) is 0 Å². The lowest BCUT2D eigenvalue weighted by Gasteiger charge is -2.33. The molecule has 0 bridgehead atoms. The number of benzene rings is 2. The molecular formula is C34H38ClN7O2. The molecule has 10 heteroatoms. The molecule has 228 valence electrons. The second kappa shape index (κ2) is 12.8. The van der Waals surface area contributed by atoms with Crippen molar-refractivity contribution in [1.82, 2.24) is 25.5 Å². The van der Waals surface area contributed by atoms with Crippen LogP contribution in [-0.4, -0.2) is 67.0 Å². The Morgan fingerprint density at radius 1 is 1.11 bits per heavy atom. The molecule has 1 atom stereocenters. The number of hydrogen-bond donors (Lipinski definition) is 3. The smallest absolute Gasteiger partial charge is 0.267 e. The highest BCUT2D eigenvalue weighted by molar-refractivity contribution is 6.32. The van der Waals surface area contributed by atoms with Gasteiger partial charge >= 0.3 is 0 Å². The summed E-state index contributed by atoms with van der Waals surface area (Å²) in [4.78, 5) is 39.2. The summed E-state index contributed by atoms with van der Waals surface area (Å²) in [5.74, 6) is 1.08. The first-order chi connectivity index (χ1) is 21.3. The van der Waals surface area contributed by atoms with Gasteiger partial charge in [-0.25, -0.2) is 4.98 Å². The molecule has 2 aromatic carbocycles. The molecule has 3 N–H and O–H groups in total. The number of amides is 2. The largest absolute Gasteiger partial charge is 0.377 e. The van der Waals surface area contributed by atoms with Crippen LogP contribution in [0.5, 0.6) is 0 Å². The number of aromatic nitrogens is 2. The topological polar surface area (TPSA) is 102 Å². The van der Waals surface area contributed by atoms with Crippen LogP contribution in [0, 0.1) is 0 Å². The number of dihydropyridines is 1. The molecule has 3 aliphatic rings. The quantitative estimate of drug-likeness (QED) is 0.346. The highest BCUT2D eigenvalue weighted by Crippen LogP contribution is 2.38. The van der Waals surface area contributed by atoms with Crippen molar-refractivity contribution < 1.29 is 9.59 Å². The maximum Gasteiger partial charge on any atom is 0.267 e. The molecule has 1 saturated heterocycles. The predicted octanol–water partition coefficient (Wildman–Crippen LogP) is 4.99. The molecule has 0 aliphatic carbocycles. The van der Waals surface area contributed by atoms with Crippen molar-refractivity contribution in [3.8, 4) is 0 Å². The molecule has 9 nitrogen and oxygen atoms in total. The summed E-state index contributed by atoms with van der Waals surface area (Å²) in [5, 5.41) is 9.62. The number of rotatable bonds is 7. The number of likely N-dealkylation sites (tertiary alicyclic amines) is 1. The van der Waals surface area contributed by atoms with E-state index in [9.17, 15) is 9.59 Å². The van der Waals surface area contributed by atoms with Gasteiger partial charge in [0.2, 0.25) is 11.9 Å². The van der Waals surface area contributed by atoms with Gasteiger partial charge in [0.25, 0.3) is 5.91 Å². The minimum Gasteiger partial charge on any atom is -0.377 e. The van der Waals surface area contributed by atoms with Crippen LogP contribution in [-0.2, 0) is 16.0 Å². The zero-order chi connectivity index (χ0) is 30.8. The maximum atomic E-state index is 13.8. The molecule has 6 rings (SSSR count). The lowest BCUT2D eigenvalue weighted by atomic mass is 9.87. The van der Waals surface area contributed by atoms with Gasteiger partial charge in [-0.15, -0.1) is 0 Å². The van der Waals surface area contributed by atoms with Crippen LogP contribution in [0.15, 0.2) is 66.5 Å². The minimum atomic E-state index is -0.434. The summed E-state index contributed by atoms with van der Waals surface area (Å²) >= 11 is 6.81. The summed E-state index contributed by atoms with van der Waals surface area (Å²) in [6, 6.07) is 14.4. The Morgan fingerprint density at radius 2 is 1.89 bits per heavy atom. The van der Waals surface area contributed by atoms with Crippen molar-refractivity contribution in [2.75, 3.05) is 50.5 Å². The Morgan fingerprint density at radius 3 is 2.55 bits per heavy atom. The summed E-state index contributed by atoms with van der Waals surface area (Å²) < 4.78 is 0. The summed E-state index contributed by atoms with van der Waals surface area (Å²) in [7, 11) is 3.78. The molecule has 1 fully saturated rings. The number of nitrogens with one attached hydrogen (secondary N) is 3. The van der Waals surface area contributed by atoms with Crippen molar-refractivity contribution in [2.24, 2.45) is 0 Å². The molecule has 0 unspecified atom stereocenters. The summed E-state index contributed by atoms with van der Waals surface area (Å²) in [5.41, 5.74) is 6.44. The second-order valence-corrected chi connectivity index (χ2v) is 12.1. The third-order valence-corrected chi connectivity index (χ3v) is 9.22. The van der Waals surface area contributed by atoms with Gasteiger partial charge in [-0.05, 0) is 98.8 Å². The number of carbonyl (C=O) groups is 2. The average Bonchev–Trinajstić information content (AvgIpc) is 3.05. The number of anilines is 3. The van der Waals surface area contributed by atoms with Crippen LogP contribution in [0.2, 0.25) is 5.02 Å². The summed E-state index contributed by atoms with van der Waals surface area (Å²) in [6.45, 7) is 5.21. The molecule has 44 heavy (non-hydrogen) atoms. The van der Waals surface area contributed by atoms with Crippen molar-refractivity contribution >= 4 is 46.4 Å². The third-order valence-electron chi connectivity index (χ3n) is 8.90. The second-order valence-electron chi connectivity index (χ2n) is 11.6. The Hall–Kier alpha value is -4.21. The third kappa shape index (κ3) is 6.07. The molecule has 2 amide bonds. The van der Waals surface area contributed by atoms with Crippen LogP contribution in [0.3, 0.4) is 0 Å². The Kier molecular flexibility index (Phi) is 8.68. The SMILES string of the molecule is CCN1C(=O)[C@H](c2ccc(C3=CC=C(C(=O)NC)NC3)cc2Cl)Cc2cnc(Nc3ccc(C4CCN(C)CC4)cc3)nc21. The number of nitrogens with zero attached hydrogens (tertiary/aromatic N) is 4. The highest BCUT2D eigenvalue weighted by Gasteiger charge is 2.36. The van der Waals surface area contributed by atoms with Gasteiger partial charge in [-0.2, -0.15) is 4.98 Å². The fraction of sp³-hybridized carbons (Fsp3) is 0.353. The first-order valence-electron chi connectivity index (χ1n) is 15.2. The number of likely N-dealkylation sites (N-methyl/N-ethyl adjacent to an activating group) is 2. The zero-order valence-electron chi connectivity index (χ0n) is 25.4. The molecule has 4 heterocycles. The zero-order valence-corrected chi connectivity index (χ0v) is 26.1. The molecule has 1 aromatic heterocycles. The van der Waals surface area contributed by atoms with Crippen LogP contribution in [0.25, 0.3) is 5.57 Å². The van der Waals surface area contributed by atoms with E-state index < -0.39 is 5.92 Å². The fourth-order valence-corrected chi connectivity index (χ4v) is 6.60. The van der Waals surface area contributed by atoms with Gasteiger partial charge < -0.3 is 20.9 Å². The first-order valence-corrected chi connectivity index (χ1v) is 15.6. The van der Waals surface area contributed by atoms with E-state index in [1.807, 2.05) is 37.4 Å². The number of allylic oxidation sites excluding steroid dienone is 2. The number of carbonyl (C=O) groups excluding carboxylic acids is 2. The average molecular weight is 612 g/mol. The van der Waals surface area contributed by atoms with Crippen LogP contribution in [0.1, 0.15) is 53.9 Å². The normalized spacial score (nSPS) is 19.0. The highest BCUT2D eigenvalue weighted by atomic mass is 35.5. The lowest BCUT2D eigenvalue weighted by molar-refractivity contribution is -0.120. The van der Waals surface area contributed by atoms with E-state index in [4.69, 9.17) is 16.6 Å². The van der Waals surface area contributed by atoms with Crippen molar-refractivity contribution in [1.29, 1.82) is 0 Å². The first kappa shape index (κ1) is 29.8. The number of fused-ring (bicyclic) bond motifs is 1. The number of hydrogen-bond acceptors (Lipinski definition) is 7. The summed E-state index contributed by atoms with van der Waals surface area (Å²) in [6.07, 6.45) is 8.33. The number of halogens is 1. The van der Waals surface area contributed by atoms with E-state index in [2.05, 4.69) is 57.1 Å². The minimum absolute atomic E-state index is 0.0292. The van der Waals surface area contributed by atoms with Crippen LogP contribution in [0.4, 0.5) is 17.5 Å². The van der Waals surface area contributed by atoms with Gasteiger partial charge in [-0.3, -0.25) is 14.5 Å². The lowest BCUT2D eigenvalue weighted by Crippen LogP contribution is -2.41. The molecular weight excluding hydrogens is 574 g/mol. The van der Waals surface area contributed by atoms with Gasteiger partial charge in [-0.1, -0.05) is 41.9 Å². The molecule has 0 saturated carbocycles. The van der Waals surface area contributed by atoms with Crippen molar-refractivity contribution in [2.45, 2.75) is 38.0 Å². The van der Waals surface area contributed by atoms with Gasteiger partial charge in [0.1, 0.15) is 11.5 Å².